The second-order valence-electron chi connectivity index (χ2n) is 6.43. The summed E-state index contributed by atoms with van der Waals surface area (Å²) in [6, 6.07) is 17.5. The molecule has 0 heterocycles. The second kappa shape index (κ2) is 6.86. The third-order valence-corrected chi connectivity index (χ3v) is 4.54. The quantitative estimate of drug-likeness (QED) is 0.758. The molecular formula is C23H20O2. The summed E-state index contributed by atoms with van der Waals surface area (Å²) in [4.78, 5) is 25.0. The maximum Gasteiger partial charge on any atom is 0.178 e. The molecule has 0 aromatic heterocycles. The maximum absolute atomic E-state index is 12.8. The van der Waals surface area contributed by atoms with E-state index in [2.05, 4.69) is 0 Å². The van der Waals surface area contributed by atoms with E-state index in [0.717, 1.165) is 16.7 Å². The van der Waals surface area contributed by atoms with Gasteiger partial charge in [-0.2, -0.15) is 0 Å². The molecule has 1 aliphatic rings. The van der Waals surface area contributed by atoms with Gasteiger partial charge in [0.25, 0.3) is 0 Å². The molecule has 0 N–H and O–H groups in total. The summed E-state index contributed by atoms with van der Waals surface area (Å²) in [6.07, 6.45) is 8.42. The summed E-state index contributed by atoms with van der Waals surface area (Å²) in [6.45, 7) is 3.69. The summed E-state index contributed by atoms with van der Waals surface area (Å²) in [5.74, 6) is -0.107. The minimum absolute atomic E-state index is 0.0299. The average molecular weight is 328 g/mol. The van der Waals surface area contributed by atoms with Crippen LogP contribution in [0.2, 0.25) is 0 Å². The Hall–Kier alpha value is -3.00. The van der Waals surface area contributed by atoms with Crippen LogP contribution in [0.4, 0.5) is 0 Å². The average Bonchev–Trinajstić information content (AvgIpc) is 2.64. The van der Waals surface area contributed by atoms with Crippen molar-refractivity contribution < 1.29 is 9.59 Å². The summed E-state index contributed by atoms with van der Waals surface area (Å²) in [7, 11) is 0. The van der Waals surface area contributed by atoms with Gasteiger partial charge in [-0.1, -0.05) is 66.7 Å². The van der Waals surface area contributed by atoms with Gasteiger partial charge in [0.05, 0.1) is 5.41 Å². The van der Waals surface area contributed by atoms with E-state index in [-0.39, 0.29) is 11.6 Å². The molecule has 1 atom stereocenters. The zero-order valence-corrected chi connectivity index (χ0v) is 14.4. The fraction of sp³-hybridized carbons (Fsp3) is 0.130. The van der Waals surface area contributed by atoms with E-state index in [9.17, 15) is 9.59 Å². The number of benzene rings is 2. The molecule has 0 bridgehead atoms. The van der Waals surface area contributed by atoms with Gasteiger partial charge in [-0.3, -0.25) is 9.59 Å². The molecule has 0 spiro atoms. The number of carbonyl (C=O) groups excluding carboxylic acids is 2. The van der Waals surface area contributed by atoms with Crippen LogP contribution in [0.25, 0.3) is 12.2 Å². The summed E-state index contributed by atoms with van der Waals surface area (Å²) in [5.41, 5.74) is 2.82. The molecule has 0 amide bonds. The topological polar surface area (TPSA) is 34.1 Å². The predicted molar refractivity (Wildman–Crippen MR) is 102 cm³/mol. The second-order valence-corrected chi connectivity index (χ2v) is 6.43. The molecule has 0 aliphatic heterocycles. The van der Waals surface area contributed by atoms with Gasteiger partial charge in [0.2, 0.25) is 0 Å². The van der Waals surface area contributed by atoms with E-state index in [1.54, 1.807) is 12.2 Å². The van der Waals surface area contributed by atoms with Gasteiger partial charge in [0.1, 0.15) is 0 Å². The van der Waals surface area contributed by atoms with Crippen molar-refractivity contribution in [3.8, 4) is 0 Å². The maximum atomic E-state index is 12.8. The van der Waals surface area contributed by atoms with Crippen molar-refractivity contribution in [3.63, 3.8) is 0 Å². The van der Waals surface area contributed by atoms with E-state index >= 15 is 0 Å². The molecule has 0 saturated heterocycles. The number of carbonyl (C=O) groups is 2. The Morgan fingerprint density at radius 2 is 1.64 bits per heavy atom. The molecule has 0 saturated carbocycles. The van der Waals surface area contributed by atoms with Crippen LogP contribution < -0.4 is 0 Å². The smallest absolute Gasteiger partial charge is 0.178 e. The van der Waals surface area contributed by atoms with Crippen LogP contribution in [0.5, 0.6) is 0 Å². The van der Waals surface area contributed by atoms with Crippen molar-refractivity contribution in [3.05, 3.63) is 95.1 Å². The molecule has 2 aromatic rings. The Bertz CT molecular complexity index is 901. The first-order valence-corrected chi connectivity index (χ1v) is 8.29. The molecule has 0 fully saturated rings. The standard InChI is InChI=1S/C23H20O2/c1-17-16-19-10-6-7-11-21(19)23(2,22(17)25)15-14-20(24)13-12-18-8-4-3-5-9-18/h3-16H,1-2H3/b13-12-,15-14-/t23-/m1/s1. The fourth-order valence-electron chi connectivity index (χ4n) is 3.14. The van der Waals surface area contributed by atoms with Gasteiger partial charge in [0.15, 0.2) is 11.6 Å². The van der Waals surface area contributed by atoms with E-state index in [4.69, 9.17) is 0 Å². The lowest BCUT2D eigenvalue weighted by molar-refractivity contribution is -0.118. The number of ketones is 2. The lowest BCUT2D eigenvalue weighted by Gasteiger charge is -2.31. The molecule has 124 valence electrons. The number of Topliss-reactive ketones (excluding diaryl/α,β-unsaturated/α-hetero) is 1. The number of rotatable bonds is 4. The van der Waals surface area contributed by atoms with Crippen molar-refractivity contribution in [1.29, 1.82) is 0 Å². The molecule has 2 aromatic carbocycles. The fourth-order valence-corrected chi connectivity index (χ4v) is 3.14. The first-order chi connectivity index (χ1) is 12.0. The number of allylic oxidation sites excluding steroid dienone is 4. The van der Waals surface area contributed by atoms with Crippen LogP contribution >= 0.6 is 0 Å². The van der Waals surface area contributed by atoms with E-state index in [1.165, 1.54) is 12.2 Å². The Morgan fingerprint density at radius 3 is 2.40 bits per heavy atom. The molecule has 2 heteroatoms. The molecule has 3 rings (SSSR count). The zero-order chi connectivity index (χ0) is 17.9. The monoisotopic (exact) mass is 328 g/mol. The van der Waals surface area contributed by atoms with Crippen LogP contribution in [0.1, 0.15) is 30.5 Å². The van der Waals surface area contributed by atoms with Gasteiger partial charge < -0.3 is 0 Å². The van der Waals surface area contributed by atoms with E-state index in [0.29, 0.717) is 5.57 Å². The van der Waals surface area contributed by atoms with Crippen molar-refractivity contribution in [1.82, 2.24) is 0 Å². The number of hydrogen-bond acceptors (Lipinski definition) is 2. The number of hydrogen-bond donors (Lipinski definition) is 0. The first-order valence-electron chi connectivity index (χ1n) is 8.29. The molecule has 2 nitrogen and oxygen atoms in total. The van der Waals surface area contributed by atoms with Crippen molar-refractivity contribution in [2.24, 2.45) is 0 Å². The van der Waals surface area contributed by atoms with Crippen LogP contribution in [0, 0.1) is 0 Å². The highest BCUT2D eigenvalue weighted by Crippen LogP contribution is 2.37. The Kier molecular flexibility index (Phi) is 4.62. The van der Waals surface area contributed by atoms with E-state index < -0.39 is 5.41 Å². The Morgan fingerprint density at radius 1 is 0.960 bits per heavy atom. The zero-order valence-electron chi connectivity index (χ0n) is 14.4. The van der Waals surface area contributed by atoms with Crippen LogP contribution in [-0.4, -0.2) is 11.6 Å². The summed E-state index contributed by atoms with van der Waals surface area (Å²) >= 11 is 0. The summed E-state index contributed by atoms with van der Waals surface area (Å²) in [5, 5.41) is 0. The first kappa shape index (κ1) is 16.8. The van der Waals surface area contributed by atoms with Gasteiger partial charge in [0, 0.05) is 0 Å². The normalized spacial score (nSPS) is 19.9. The van der Waals surface area contributed by atoms with Gasteiger partial charge in [-0.05, 0) is 54.3 Å². The van der Waals surface area contributed by atoms with Crippen LogP contribution in [0.15, 0.2) is 78.4 Å². The van der Waals surface area contributed by atoms with Crippen molar-refractivity contribution in [2.45, 2.75) is 19.3 Å². The third kappa shape index (κ3) is 3.43. The van der Waals surface area contributed by atoms with Crippen LogP contribution in [0.3, 0.4) is 0 Å². The SMILES string of the molecule is CC1=Cc2ccccc2[C@@](C)(/C=C\C(=O)/C=C\c2ccccc2)C1=O. The highest BCUT2D eigenvalue weighted by Gasteiger charge is 2.37. The Balaban J connectivity index is 1.87. The lowest BCUT2D eigenvalue weighted by Crippen LogP contribution is -2.34. The van der Waals surface area contributed by atoms with Gasteiger partial charge in [-0.25, -0.2) is 0 Å². The van der Waals surface area contributed by atoms with E-state index in [1.807, 2.05) is 74.5 Å². The third-order valence-electron chi connectivity index (χ3n) is 4.54. The highest BCUT2D eigenvalue weighted by molar-refractivity contribution is 6.11. The van der Waals surface area contributed by atoms with Crippen molar-refractivity contribution in [2.75, 3.05) is 0 Å². The minimum atomic E-state index is -0.814. The van der Waals surface area contributed by atoms with Crippen LogP contribution in [-0.2, 0) is 15.0 Å². The minimum Gasteiger partial charge on any atom is -0.293 e. The molecular weight excluding hydrogens is 308 g/mol. The summed E-state index contributed by atoms with van der Waals surface area (Å²) < 4.78 is 0. The number of fused-ring (bicyclic) bond motifs is 1. The molecule has 25 heavy (non-hydrogen) atoms. The van der Waals surface area contributed by atoms with Gasteiger partial charge in [-0.15, -0.1) is 0 Å². The lowest BCUT2D eigenvalue weighted by atomic mass is 9.70. The van der Waals surface area contributed by atoms with Crippen molar-refractivity contribution >= 4 is 23.7 Å². The van der Waals surface area contributed by atoms with Gasteiger partial charge >= 0.3 is 0 Å². The molecule has 0 radical (unpaired) electrons. The highest BCUT2D eigenvalue weighted by atomic mass is 16.1. The largest absolute Gasteiger partial charge is 0.293 e. The molecule has 1 aliphatic carbocycles. The molecule has 0 unspecified atom stereocenters. The Labute approximate surface area is 148 Å². The predicted octanol–water partition coefficient (Wildman–Crippen LogP) is 4.77.